The van der Waals surface area contributed by atoms with E-state index in [1.165, 1.54) is 44.8 Å². The average Bonchev–Trinajstić information content (AvgIpc) is 2.71. The Morgan fingerprint density at radius 2 is 1.54 bits per heavy atom. The minimum absolute atomic E-state index is 0.126. The van der Waals surface area contributed by atoms with Crippen LogP contribution < -0.4 is 4.74 Å². The second-order valence-electron chi connectivity index (χ2n) is 7.07. The Hall–Kier alpha value is -1.97. The van der Waals surface area contributed by atoms with Crippen LogP contribution in [0.1, 0.15) is 84.1 Å². The highest BCUT2D eigenvalue weighted by atomic mass is 16.6. The lowest BCUT2D eigenvalue weighted by atomic mass is 10.0. The molecule has 0 bridgehead atoms. The van der Waals surface area contributed by atoms with E-state index in [2.05, 4.69) is 6.92 Å². The number of carbonyl (C=O) groups excluding carboxylic acids is 1. The molecule has 0 aliphatic rings. The largest absolute Gasteiger partial charge is 0.497 e. The second-order valence-corrected chi connectivity index (χ2v) is 7.07. The molecule has 1 aromatic carbocycles. The summed E-state index contributed by atoms with van der Waals surface area (Å²) in [7, 11) is 0. The van der Waals surface area contributed by atoms with Crippen LogP contribution in [0.3, 0.4) is 0 Å². The van der Waals surface area contributed by atoms with Crippen molar-refractivity contribution in [2.45, 2.75) is 85.0 Å². The molecule has 4 nitrogen and oxygen atoms in total. The van der Waals surface area contributed by atoms with E-state index in [-0.39, 0.29) is 5.76 Å². The maximum atomic E-state index is 12.5. The van der Waals surface area contributed by atoms with Crippen LogP contribution in [0.2, 0.25) is 0 Å². The minimum atomic E-state index is -0.503. The van der Waals surface area contributed by atoms with Gasteiger partial charge in [0.1, 0.15) is 12.0 Å². The predicted molar refractivity (Wildman–Crippen MR) is 114 cm³/mol. The first-order valence-electron chi connectivity index (χ1n) is 11.0. The summed E-state index contributed by atoms with van der Waals surface area (Å²) in [6.45, 7) is 7.24. The lowest BCUT2D eigenvalue weighted by Gasteiger charge is -2.12. The van der Waals surface area contributed by atoms with E-state index in [0.717, 1.165) is 31.2 Å². The van der Waals surface area contributed by atoms with Gasteiger partial charge in [-0.05, 0) is 37.3 Å². The molecule has 0 fully saturated rings. The van der Waals surface area contributed by atoms with Crippen molar-refractivity contribution in [1.82, 2.24) is 0 Å². The third kappa shape index (κ3) is 10.4. The van der Waals surface area contributed by atoms with E-state index in [1.807, 2.05) is 38.1 Å². The van der Waals surface area contributed by atoms with Crippen molar-refractivity contribution >= 4 is 5.97 Å². The van der Waals surface area contributed by atoms with Gasteiger partial charge in [0.2, 0.25) is 5.76 Å². The maximum Gasteiger partial charge on any atom is 0.382 e. The number of hydrogen-bond acceptors (Lipinski definition) is 4. The molecule has 0 saturated heterocycles. The van der Waals surface area contributed by atoms with Gasteiger partial charge in [0.15, 0.2) is 0 Å². The molecule has 1 aromatic rings. The van der Waals surface area contributed by atoms with Crippen molar-refractivity contribution in [3.8, 4) is 5.75 Å². The number of benzene rings is 1. The monoisotopic (exact) mass is 390 g/mol. The zero-order chi connectivity index (χ0) is 20.5. The number of esters is 1. The third-order valence-corrected chi connectivity index (χ3v) is 4.40. The van der Waals surface area contributed by atoms with Gasteiger partial charge in [0.05, 0.1) is 13.2 Å². The summed E-state index contributed by atoms with van der Waals surface area (Å²) in [4.78, 5) is 12.5. The summed E-state index contributed by atoms with van der Waals surface area (Å²) in [5.41, 5.74) is 1.06. The molecule has 0 heterocycles. The van der Waals surface area contributed by atoms with E-state index in [9.17, 15) is 4.79 Å². The van der Waals surface area contributed by atoms with Gasteiger partial charge in [0, 0.05) is 0 Å². The molecule has 1 rings (SSSR count). The number of hydrogen-bond donors (Lipinski definition) is 0. The van der Waals surface area contributed by atoms with E-state index in [1.54, 1.807) is 0 Å². The fourth-order valence-corrected chi connectivity index (χ4v) is 2.84. The molecule has 0 aliphatic carbocycles. The molecule has 28 heavy (non-hydrogen) atoms. The SMILES string of the molecule is CCCCCCCCCc1ccccc1OC(=O)/C(=C\OCCC)OCCC. The molecule has 0 unspecified atom stereocenters. The van der Waals surface area contributed by atoms with Crippen LogP contribution in [0.4, 0.5) is 0 Å². The van der Waals surface area contributed by atoms with Crippen molar-refractivity contribution < 1.29 is 19.0 Å². The Morgan fingerprint density at radius 3 is 2.25 bits per heavy atom. The van der Waals surface area contributed by atoms with Gasteiger partial charge >= 0.3 is 5.97 Å². The summed E-state index contributed by atoms with van der Waals surface area (Å²) in [5.74, 6) is 0.234. The van der Waals surface area contributed by atoms with Gasteiger partial charge in [-0.15, -0.1) is 0 Å². The van der Waals surface area contributed by atoms with Gasteiger partial charge in [0.25, 0.3) is 0 Å². The Bertz CT molecular complexity index is 565. The molecule has 0 atom stereocenters. The first-order valence-corrected chi connectivity index (χ1v) is 11.0. The van der Waals surface area contributed by atoms with Crippen molar-refractivity contribution in [2.24, 2.45) is 0 Å². The molecular weight excluding hydrogens is 352 g/mol. The standard InChI is InChI=1S/C24H38O4/c1-4-7-8-9-10-11-12-15-21-16-13-14-17-22(21)28-24(25)23(27-19-6-3)20-26-18-5-2/h13-14,16-17,20H,4-12,15,18-19H2,1-3H3/b23-20+. The topological polar surface area (TPSA) is 44.8 Å². The number of carbonyl (C=O) groups is 1. The fraction of sp³-hybridized carbons (Fsp3) is 0.625. The molecule has 0 saturated carbocycles. The average molecular weight is 391 g/mol. The van der Waals surface area contributed by atoms with Crippen molar-refractivity contribution in [3.63, 3.8) is 0 Å². The summed E-state index contributed by atoms with van der Waals surface area (Å²) < 4.78 is 16.5. The van der Waals surface area contributed by atoms with Crippen LogP contribution in [-0.2, 0) is 20.7 Å². The van der Waals surface area contributed by atoms with Crippen LogP contribution >= 0.6 is 0 Å². The van der Waals surface area contributed by atoms with Crippen molar-refractivity contribution in [2.75, 3.05) is 13.2 Å². The summed E-state index contributed by atoms with van der Waals surface area (Å²) in [5, 5.41) is 0. The molecule has 158 valence electrons. The molecule has 0 amide bonds. The van der Waals surface area contributed by atoms with Crippen LogP contribution in [-0.4, -0.2) is 19.2 Å². The summed E-state index contributed by atoms with van der Waals surface area (Å²) >= 11 is 0. The van der Waals surface area contributed by atoms with Crippen molar-refractivity contribution in [3.05, 3.63) is 41.9 Å². The molecule has 0 spiro atoms. The summed E-state index contributed by atoms with van der Waals surface area (Å²) in [6, 6.07) is 7.76. The zero-order valence-electron chi connectivity index (χ0n) is 18.0. The van der Waals surface area contributed by atoms with Gasteiger partial charge in [-0.2, -0.15) is 0 Å². The van der Waals surface area contributed by atoms with Crippen LogP contribution in [0.5, 0.6) is 5.75 Å². The normalized spacial score (nSPS) is 11.3. The summed E-state index contributed by atoms with van der Waals surface area (Å²) in [6.07, 6.45) is 12.8. The highest BCUT2D eigenvalue weighted by molar-refractivity contribution is 5.88. The number of para-hydroxylation sites is 1. The van der Waals surface area contributed by atoms with Crippen LogP contribution in [0.25, 0.3) is 0 Å². The Balaban J connectivity index is 2.59. The van der Waals surface area contributed by atoms with Gasteiger partial charge < -0.3 is 14.2 Å². The molecular formula is C24H38O4. The Labute approximate surface area is 171 Å². The van der Waals surface area contributed by atoms with Gasteiger partial charge in [-0.25, -0.2) is 4.79 Å². The lowest BCUT2D eigenvalue weighted by molar-refractivity contribution is -0.134. The second kappa shape index (κ2) is 16.0. The molecule has 0 radical (unpaired) electrons. The first-order chi connectivity index (χ1) is 13.7. The first kappa shape index (κ1) is 24.1. The van der Waals surface area contributed by atoms with E-state index < -0.39 is 5.97 Å². The van der Waals surface area contributed by atoms with Gasteiger partial charge in [-0.1, -0.05) is 77.5 Å². The van der Waals surface area contributed by atoms with E-state index in [4.69, 9.17) is 14.2 Å². The van der Waals surface area contributed by atoms with Crippen LogP contribution in [0, 0.1) is 0 Å². The number of aryl methyl sites for hydroxylation is 1. The number of ether oxygens (including phenoxy) is 3. The number of unbranched alkanes of at least 4 members (excludes halogenated alkanes) is 6. The number of rotatable bonds is 16. The third-order valence-electron chi connectivity index (χ3n) is 4.40. The molecule has 0 aromatic heterocycles. The van der Waals surface area contributed by atoms with Crippen molar-refractivity contribution in [1.29, 1.82) is 0 Å². The lowest BCUT2D eigenvalue weighted by Crippen LogP contribution is -2.15. The molecule has 0 N–H and O–H groups in total. The highest BCUT2D eigenvalue weighted by Crippen LogP contribution is 2.22. The quantitative estimate of drug-likeness (QED) is 0.105. The minimum Gasteiger partial charge on any atom is -0.497 e. The Morgan fingerprint density at radius 1 is 0.857 bits per heavy atom. The molecule has 0 aliphatic heterocycles. The van der Waals surface area contributed by atoms with Crippen LogP contribution in [0.15, 0.2) is 36.3 Å². The van der Waals surface area contributed by atoms with Gasteiger partial charge in [-0.3, -0.25) is 0 Å². The van der Waals surface area contributed by atoms with E-state index in [0.29, 0.717) is 19.0 Å². The Kier molecular flexibility index (Phi) is 13.8. The molecule has 4 heteroatoms. The van der Waals surface area contributed by atoms with E-state index >= 15 is 0 Å². The highest BCUT2D eigenvalue weighted by Gasteiger charge is 2.16. The predicted octanol–water partition coefficient (Wildman–Crippen LogP) is 6.58. The smallest absolute Gasteiger partial charge is 0.382 e. The zero-order valence-corrected chi connectivity index (χ0v) is 18.0. The fourth-order valence-electron chi connectivity index (χ4n) is 2.84. The maximum absolute atomic E-state index is 12.5.